The number of hydrogen-bond acceptors (Lipinski definition) is 5. The molecule has 0 radical (unpaired) electrons. The number of nitrogens with one attached hydrogen (secondary N) is 1. The van der Waals surface area contributed by atoms with Crippen LogP contribution >= 0.6 is 0 Å². The van der Waals surface area contributed by atoms with E-state index in [0.29, 0.717) is 18.0 Å². The van der Waals surface area contributed by atoms with Gasteiger partial charge in [-0.1, -0.05) is 23.8 Å². The predicted molar refractivity (Wildman–Crippen MR) is 112 cm³/mol. The largest absolute Gasteiger partial charge is 0.493 e. The molecule has 0 bridgehead atoms. The van der Waals surface area contributed by atoms with Crippen LogP contribution in [0.5, 0.6) is 11.5 Å². The van der Waals surface area contributed by atoms with Gasteiger partial charge < -0.3 is 14.8 Å². The van der Waals surface area contributed by atoms with E-state index in [1.165, 1.54) is 7.05 Å². The topological polar surface area (TPSA) is 84.9 Å². The normalized spacial score (nSPS) is 11.3. The van der Waals surface area contributed by atoms with Crippen molar-refractivity contribution < 1.29 is 22.7 Å². The molecule has 2 aromatic carbocycles. The van der Waals surface area contributed by atoms with E-state index in [1.807, 2.05) is 25.1 Å². The van der Waals surface area contributed by atoms with Crippen LogP contribution in [0.25, 0.3) is 0 Å². The predicted octanol–water partition coefficient (Wildman–Crippen LogP) is 2.38. The van der Waals surface area contributed by atoms with Crippen LogP contribution in [0.3, 0.4) is 0 Å². The second kappa shape index (κ2) is 10.3. The maximum Gasteiger partial charge on any atom is 0.243 e. The van der Waals surface area contributed by atoms with Crippen molar-refractivity contribution in [3.63, 3.8) is 0 Å². The van der Waals surface area contributed by atoms with Crippen LogP contribution in [-0.2, 0) is 21.2 Å². The fourth-order valence-corrected chi connectivity index (χ4v) is 3.92. The molecular formula is C21H28N2O5S. The SMILES string of the molecule is COc1ccc(CCCNC(=O)CN(C)S(=O)(=O)c2ccc(C)cc2)cc1OC. The monoisotopic (exact) mass is 420 g/mol. The Hall–Kier alpha value is -2.58. The number of ether oxygens (including phenoxy) is 2. The lowest BCUT2D eigenvalue weighted by Gasteiger charge is -2.17. The zero-order chi connectivity index (χ0) is 21.4. The van der Waals surface area contributed by atoms with Crippen LogP contribution in [-0.4, -0.2) is 53.0 Å². The lowest BCUT2D eigenvalue weighted by Crippen LogP contribution is -2.38. The molecule has 1 N–H and O–H groups in total. The Bertz CT molecular complexity index is 927. The summed E-state index contributed by atoms with van der Waals surface area (Å²) >= 11 is 0. The average Bonchev–Trinajstić information content (AvgIpc) is 2.71. The fraction of sp³-hybridized carbons (Fsp3) is 0.381. The summed E-state index contributed by atoms with van der Waals surface area (Å²) in [5.41, 5.74) is 2.04. The van der Waals surface area contributed by atoms with Gasteiger partial charge in [-0.15, -0.1) is 0 Å². The number of nitrogens with zero attached hydrogens (tertiary/aromatic N) is 1. The van der Waals surface area contributed by atoms with Crippen molar-refractivity contribution in [3.8, 4) is 11.5 Å². The molecule has 158 valence electrons. The molecule has 0 spiro atoms. The molecule has 0 aromatic heterocycles. The second-order valence-corrected chi connectivity index (χ2v) is 8.76. The maximum absolute atomic E-state index is 12.5. The van der Waals surface area contributed by atoms with Crippen LogP contribution in [0.15, 0.2) is 47.4 Å². The Balaban J connectivity index is 1.81. The molecule has 0 aliphatic heterocycles. The van der Waals surface area contributed by atoms with E-state index < -0.39 is 10.0 Å². The zero-order valence-electron chi connectivity index (χ0n) is 17.3. The molecular weight excluding hydrogens is 392 g/mol. The lowest BCUT2D eigenvalue weighted by molar-refractivity contribution is -0.121. The summed E-state index contributed by atoms with van der Waals surface area (Å²) in [6.07, 6.45) is 1.47. The van der Waals surface area contributed by atoms with E-state index in [0.717, 1.165) is 28.3 Å². The van der Waals surface area contributed by atoms with Gasteiger partial charge in [-0.25, -0.2) is 8.42 Å². The molecule has 0 atom stereocenters. The minimum absolute atomic E-state index is 0.173. The molecule has 2 rings (SSSR count). The highest BCUT2D eigenvalue weighted by Crippen LogP contribution is 2.27. The number of hydrogen-bond donors (Lipinski definition) is 1. The first-order valence-corrected chi connectivity index (χ1v) is 10.7. The van der Waals surface area contributed by atoms with Crippen molar-refractivity contribution >= 4 is 15.9 Å². The van der Waals surface area contributed by atoms with Gasteiger partial charge in [0.2, 0.25) is 15.9 Å². The van der Waals surface area contributed by atoms with E-state index in [2.05, 4.69) is 5.32 Å². The molecule has 29 heavy (non-hydrogen) atoms. The molecule has 0 saturated carbocycles. The number of carbonyl (C=O) groups is 1. The van der Waals surface area contributed by atoms with Crippen LogP contribution in [0.4, 0.5) is 0 Å². The summed E-state index contributed by atoms with van der Waals surface area (Å²) in [6.45, 7) is 2.10. The van der Waals surface area contributed by atoms with Crippen molar-refractivity contribution in [1.82, 2.24) is 9.62 Å². The minimum Gasteiger partial charge on any atom is -0.493 e. The summed E-state index contributed by atoms with van der Waals surface area (Å²) in [5, 5.41) is 2.77. The molecule has 2 aromatic rings. The molecule has 0 aliphatic rings. The Labute approximate surface area is 172 Å². The number of aryl methyl sites for hydroxylation is 2. The van der Waals surface area contributed by atoms with Crippen LogP contribution in [0.2, 0.25) is 0 Å². The molecule has 0 unspecified atom stereocenters. The standard InChI is InChI=1S/C21H28N2O5S/c1-16-7-10-18(11-8-16)29(25,26)23(2)15-21(24)22-13-5-6-17-9-12-19(27-3)20(14-17)28-4/h7-12,14H,5-6,13,15H2,1-4H3,(H,22,24). The first-order chi connectivity index (χ1) is 13.8. The van der Waals surface area contributed by atoms with Gasteiger partial charge >= 0.3 is 0 Å². The van der Waals surface area contributed by atoms with Gasteiger partial charge in [0.15, 0.2) is 11.5 Å². The Kier molecular flexibility index (Phi) is 8.04. The maximum atomic E-state index is 12.5. The third-order valence-electron chi connectivity index (χ3n) is 4.51. The third-order valence-corrected chi connectivity index (χ3v) is 6.33. The molecule has 0 heterocycles. The van der Waals surface area contributed by atoms with Gasteiger partial charge in [-0.3, -0.25) is 4.79 Å². The molecule has 0 saturated heterocycles. The summed E-state index contributed by atoms with van der Waals surface area (Å²) in [5.74, 6) is 0.995. The van der Waals surface area contributed by atoms with Crippen molar-refractivity contribution in [2.45, 2.75) is 24.7 Å². The molecule has 7 nitrogen and oxygen atoms in total. The fourth-order valence-electron chi connectivity index (χ4n) is 2.79. The lowest BCUT2D eigenvalue weighted by atomic mass is 10.1. The number of methoxy groups -OCH3 is 2. The number of likely N-dealkylation sites (N-methyl/N-ethyl adjacent to an activating group) is 1. The summed E-state index contributed by atoms with van der Waals surface area (Å²) in [4.78, 5) is 12.3. The number of amides is 1. The van der Waals surface area contributed by atoms with Crippen molar-refractivity contribution in [3.05, 3.63) is 53.6 Å². The van der Waals surface area contributed by atoms with E-state index in [-0.39, 0.29) is 17.3 Å². The summed E-state index contributed by atoms with van der Waals surface area (Å²) < 4.78 is 36.6. The Morgan fingerprint density at radius 1 is 1.03 bits per heavy atom. The third kappa shape index (κ3) is 6.20. The summed E-state index contributed by atoms with van der Waals surface area (Å²) in [6, 6.07) is 12.2. The van der Waals surface area contributed by atoms with Gasteiger partial charge in [0.25, 0.3) is 0 Å². The molecule has 8 heteroatoms. The van der Waals surface area contributed by atoms with E-state index in [1.54, 1.807) is 38.5 Å². The first-order valence-electron chi connectivity index (χ1n) is 9.28. The van der Waals surface area contributed by atoms with Crippen LogP contribution < -0.4 is 14.8 Å². The minimum atomic E-state index is -3.69. The highest BCUT2D eigenvalue weighted by atomic mass is 32.2. The van der Waals surface area contributed by atoms with Gasteiger partial charge in [-0.2, -0.15) is 4.31 Å². The zero-order valence-corrected chi connectivity index (χ0v) is 18.1. The van der Waals surface area contributed by atoms with Gasteiger partial charge in [0, 0.05) is 13.6 Å². The van der Waals surface area contributed by atoms with Gasteiger partial charge in [0.05, 0.1) is 25.7 Å². The highest BCUT2D eigenvalue weighted by molar-refractivity contribution is 7.89. The average molecular weight is 421 g/mol. The van der Waals surface area contributed by atoms with Gasteiger partial charge in [0.1, 0.15) is 0 Å². The highest BCUT2D eigenvalue weighted by Gasteiger charge is 2.22. The van der Waals surface area contributed by atoms with E-state index in [9.17, 15) is 13.2 Å². The van der Waals surface area contributed by atoms with Crippen molar-refractivity contribution in [2.75, 3.05) is 34.4 Å². The first kappa shape index (κ1) is 22.7. The quantitative estimate of drug-likeness (QED) is 0.597. The number of sulfonamides is 1. The Morgan fingerprint density at radius 2 is 1.69 bits per heavy atom. The number of rotatable bonds is 10. The van der Waals surface area contributed by atoms with Crippen LogP contribution in [0.1, 0.15) is 17.5 Å². The van der Waals surface area contributed by atoms with Crippen molar-refractivity contribution in [2.24, 2.45) is 0 Å². The Morgan fingerprint density at radius 3 is 2.31 bits per heavy atom. The molecule has 0 fully saturated rings. The number of carbonyl (C=O) groups excluding carboxylic acids is 1. The molecule has 1 amide bonds. The van der Waals surface area contributed by atoms with E-state index in [4.69, 9.17) is 9.47 Å². The van der Waals surface area contributed by atoms with Gasteiger partial charge in [-0.05, 0) is 49.6 Å². The number of benzene rings is 2. The molecule has 0 aliphatic carbocycles. The van der Waals surface area contributed by atoms with E-state index >= 15 is 0 Å². The van der Waals surface area contributed by atoms with Crippen molar-refractivity contribution in [1.29, 1.82) is 0 Å². The summed E-state index contributed by atoms with van der Waals surface area (Å²) in [7, 11) is 0.882. The second-order valence-electron chi connectivity index (χ2n) is 6.72. The van der Waals surface area contributed by atoms with Crippen LogP contribution in [0, 0.1) is 6.92 Å². The smallest absolute Gasteiger partial charge is 0.243 e.